The lowest BCUT2D eigenvalue weighted by atomic mass is 10.1. The van der Waals surface area contributed by atoms with Crippen molar-refractivity contribution in [3.63, 3.8) is 0 Å². The minimum absolute atomic E-state index is 0.0257. The number of aryl methyl sites for hydroxylation is 1. The topological polar surface area (TPSA) is 18.5 Å². The van der Waals surface area contributed by atoms with E-state index in [0.717, 1.165) is 11.5 Å². The summed E-state index contributed by atoms with van der Waals surface area (Å²) in [6.45, 7) is 4.13. The molecule has 2 rings (SSSR count). The van der Waals surface area contributed by atoms with Gasteiger partial charge >= 0.3 is 0 Å². The van der Waals surface area contributed by atoms with Gasteiger partial charge in [-0.3, -0.25) is 0 Å². The van der Waals surface area contributed by atoms with Gasteiger partial charge in [0.05, 0.1) is 7.11 Å². The molecule has 0 bridgehead atoms. The second kappa shape index (κ2) is 5.58. The predicted molar refractivity (Wildman–Crippen MR) is 73.2 cm³/mol. The molecule has 0 amide bonds. The predicted octanol–water partition coefficient (Wildman–Crippen LogP) is 4.14. The maximum atomic E-state index is 5.90. The Morgan fingerprint density at radius 2 is 1.61 bits per heavy atom. The third-order valence-corrected chi connectivity index (χ3v) is 2.90. The highest BCUT2D eigenvalue weighted by molar-refractivity contribution is 5.33. The molecule has 18 heavy (non-hydrogen) atoms. The van der Waals surface area contributed by atoms with Crippen LogP contribution in [0.25, 0.3) is 0 Å². The molecule has 0 N–H and O–H groups in total. The van der Waals surface area contributed by atoms with Crippen LogP contribution in [0, 0.1) is 6.92 Å². The molecule has 0 aliphatic heterocycles. The lowest BCUT2D eigenvalue weighted by Crippen LogP contribution is -2.03. The number of ether oxygens (including phenoxy) is 2. The van der Waals surface area contributed by atoms with E-state index in [4.69, 9.17) is 9.47 Å². The van der Waals surface area contributed by atoms with E-state index in [1.165, 1.54) is 11.1 Å². The molecule has 0 heterocycles. The van der Waals surface area contributed by atoms with Gasteiger partial charge < -0.3 is 9.47 Å². The average Bonchev–Trinajstić information content (AvgIpc) is 2.39. The van der Waals surface area contributed by atoms with Gasteiger partial charge in [0.15, 0.2) is 0 Å². The second-order valence-corrected chi connectivity index (χ2v) is 4.35. The molecule has 0 spiro atoms. The Morgan fingerprint density at radius 3 is 2.28 bits per heavy atom. The van der Waals surface area contributed by atoms with E-state index in [9.17, 15) is 0 Å². The minimum atomic E-state index is 0.0257. The molecular weight excluding hydrogens is 224 g/mol. The Bertz CT molecular complexity index is 503. The van der Waals surface area contributed by atoms with Crippen molar-refractivity contribution in [2.75, 3.05) is 7.11 Å². The van der Waals surface area contributed by atoms with Crippen molar-refractivity contribution in [2.45, 2.75) is 20.0 Å². The van der Waals surface area contributed by atoms with Crippen LogP contribution < -0.4 is 9.47 Å². The van der Waals surface area contributed by atoms with Crippen molar-refractivity contribution in [2.24, 2.45) is 0 Å². The summed E-state index contributed by atoms with van der Waals surface area (Å²) in [7, 11) is 1.66. The molecule has 0 saturated carbocycles. The summed E-state index contributed by atoms with van der Waals surface area (Å²) in [5, 5.41) is 0. The van der Waals surface area contributed by atoms with Gasteiger partial charge in [-0.05, 0) is 31.5 Å². The molecule has 0 aromatic heterocycles. The molecule has 0 aliphatic rings. The smallest absolute Gasteiger partial charge is 0.123 e. The number of hydrogen-bond donors (Lipinski definition) is 0. The Labute approximate surface area is 108 Å². The number of hydrogen-bond acceptors (Lipinski definition) is 2. The maximum absolute atomic E-state index is 5.90. The summed E-state index contributed by atoms with van der Waals surface area (Å²) in [6.07, 6.45) is 0.0257. The molecule has 2 aromatic carbocycles. The molecule has 2 nitrogen and oxygen atoms in total. The minimum Gasteiger partial charge on any atom is -0.497 e. The SMILES string of the molecule is COc1cccc(OC(C)c2ccc(C)cc2)c1. The zero-order valence-electron chi connectivity index (χ0n) is 11.0. The Hall–Kier alpha value is -1.96. The lowest BCUT2D eigenvalue weighted by molar-refractivity contribution is 0.226. The summed E-state index contributed by atoms with van der Waals surface area (Å²) < 4.78 is 11.1. The second-order valence-electron chi connectivity index (χ2n) is 4.35. The molecule has 1 atom stereocenters. The molecule has 1 unspecified atom stereocenters. The van der Waals surface area contributed by atoms with Crippen LogP contribution >= 0.6 is 0 Å². The maximum Gasteiger partial charge on any atom is 0.123 e. The van der Waals surface area contributed by atoms with Gasteiger partial charge in [0, 0.05) is 6.07 Å². The summed E-state index contributed by atoms with van der Waals surface area (Å²) in [6, 6.07) is 16.1. The van der Waals surface area contributed by atoms with Crippen molar-refractivity contribution >= 4 is 0 Å². The van der Waals surface area contributed by atoms with Crippen LogP contribution in [0.5, 0.6) is 11.5 Å². The largest absolute Gasteiger partial charge is 0.497 e. The van der Waals surface area contributed by atoms with Gasteiger partial charge in [0.1, 0.15) is 17.6 Å². The van der Waals surface area contributed by atoms with Crippen molar-refractivity contribution in [1.29, 1.82) is 0 Å². The monoisotopic (exact) mass is 242 g/mol. The van der Waals surface area contributed by atoms with E-state index in [-0.39, 0.29) is 6.10 Å². The summed E-state index contributed by atoms with van der Waals surface area (Å²) in [5.74, 6) is 1.63. The zero-order valence-corrected chi connectivity index (χ0v) is 11.0. The van der Waals surface area contributed by atoms with Gasteiger partial charge in [0.25, 0.3) is 0 Å². The van der Waals surface area contributed by atoms with Crippen LogP contribution in [0.2, 0.25) is 0 Å². The van der Waals surface area contributed by atoms with Gasteiger partial charge in [-0.2, -0.15) is 0 Å². The standard InChI is InChI=1S/C16H18O2/c1-12-7-9-14(10-8-12)13(2)18-16-6-4-5-15(11-16)17-3/h4-11,13H,1-3H3. The van der Waals surface area contributed by atoms with Crippen LogP contribution in [0.3, 0.4) is 0 Å². The number of benzene rings is 2. The third kappa shape index (κ3) is 3.04. The summed E-state index contributed by atoms with van der Waals surface area (Å²) in [5.41, 5.74) is 2.43. The molecule has 94 valence electrons. The highest BCUT2D eigenvalue weighted by Gasteiger charge is 2.07. The summed E-state index contributed by atoms with van der Waals surface area (Å²) in [4.78, 5) is 0. The zero-order chi connectivity index (χ0) is 13.0. The first-order chi connectivity index (χ1) is 8.69. The highest BCUT2D eigenvalue weighted by atomic mass is 16.5. The Kier molecular flexibility index (Phi) is 3.88. The van der Waals surface area contributed by atoms with Gasteiger partial charge in [-0.25, -0.2) is 0 Å². The lowest BCUT2D eigenvalue weighted by Gasteiger charge is -2.15. The fourth-order valence-corrected chi connectivity index (χ4v) is 1.78. The van der Waals surface area contributed by atoms with Crippen molar-refractivity contribution in [3.8, 4) is 11.5 Å². The van der Waals surface area contributed by atoms with Gasteiger partial charge in [0.2, 0.25) is 0 Å². The molecule has 0 saturated heterocycles. The fourth-order valence-electron chi connectivity index (χ4n) is 1.78. The summed E-state index contributed by atoms with van der Waals surface area (Å²) >= 11 is 0. The molecule has 2 heteroatoms. The third-order valence-electron chi connectivity index (χ3n) is 2.90. The van der Waals surface area contributed by atoms with Crippen molar-refractivity contribution in [1.82, 2.24) is 0 Å². The van der Waals surface area contributed by atoms with E-state index < -0.39 is 0 Å². The highest BCUT2D eigenvalue weighted by Crippen LogP contribution is 2.25. The van der Waals surface area contributed by atoms with E-state index in [1.54, 1.807) is 7.11 Å². The molecule has 0 aliphatic carbocycles. The van der Waals surface area contributed by atoms with E-state index in [0.29, 0.717) is 0 Å². The van der Waals surface area contributed by atoms with Crippen molar-refractivity contribution < 1.29 is 9.47 Å². The van der Waals surface area contributed by atoms with E-state index in [1.807, 2.05) is 31.2 Å². The van der Waals surface area contributed by atoms with E-state index >= 15 is 0 Å². The first-order valence-corrected chi connectivity index (χ1v) is 6.06. The fraction of sp³-hybridized carbons (Fsp3) is 0.250. The normalized spacial score (nSPS) is 11.9. The van der Waals surface area contributed by atoms with Crippen LogP contribution in [-0.4, -0.2) is 7.11 Å². The first kappa shape index (κ1) is 12.5. The molecule has 2 aromatic rings. The Morgan fingerprint density at radius 1 is 0.944 bits per heavy atom. The van der Waals surface area contributed by atoms with Crippen molar-refractivity contribution in [3.05, 3.63) is 59.7 Å². The van der Waals surface area contributed by atoms with E-state index in [2.05, 4.69) is 31.2 Å². The number of methoxy groups -OCH3 is 1. The Balaban J connectivity index is 2.10. The van der Waals surface area contributed by atoms with Crippen LogP contribution in [0.4, 0.5) is 0 Å². The average molecular weight is 242 g/mol. The molecular formula is C16H18O2. The van der Waals surface area contributed by atoms with Crippen LogP contribution in [0.15, 0.2) is 48.5 Å². The van der Waals surface area contributed by atoms with Crippen LogP contribution in [0.1, 0.15) is 24.2 Å². The van der Waals surface area contributed by atoms with Gasteiger partial charge in [-0.15, -0.1) is 0 Å². The van der Waals surface area contributed by atoms with Gasteiger partial charge in [-0.1, -0.05) is 35.9 Å². The quantitative estimate of drug-likeness (QED) is 0.802. The molecule has 0 radical (unpaired) electrons. The van der Waals surface area contributed by atoms with Crippen LogP contribution in [-0.2, 0) is 0 Å². The molecule has 0 fully saturated rings. The first-order valence-electron chi connectivity index (χ1n) is 6.06. The number of rotatable bonds is 4.